The van der Waals surface area contributed by atoms with Crippen LogP contribution in [0.25, 0.3) is 0 Å². The Labute approximate surface area is 102 Å². The number of likely N-dealkylation sites (tertiary alicyclic amines) is 1. The van der Waals surface area contributed by atoms with Crippen LogP contribution in [-0.2, 0) is 9.59 Å². The summed E-state index contributed by atoms with van der Waals surface area (Å²) in [5.74, 6) is 0.0526. The average molecular weight is 239 g/mol. The predicted octanol–water partition coefficient (Wildman–Crippen LogP) is 0.165. The molecule has 0 aliphatic carbocycles. The fourth-order valence-corrected chi connectivity index (χ4v) is 2.86. The van der Waals surface area contributed by atoms with E-state index in [1.165, 1.54) is 0 Å². The molecule has 0 bridgehead atoms. The summed E-state index contributed by atoms with van der Waals surface area (Å²) in [6.45, 7) is 5.50. The first-order valence-electron chi connectivity index (χ1n) is 6.33. The molecular weight excluding hydrogens is 218 g/mol. The summed E-state index contributed by atoms with van der Waals surface area (Å²) in [6.07, 6.45) is 2.10. The third-order valence-electron chi connectivity index (χ3n) is 3.97. The maximum atomic E-state index is 12.0. The number of rotatable bonds is 1. The van der Waals surface area contributed by atoms with Gasteiger partial charge in [0.05, 0.1) is 0 Å². The molecule has 0 aromatic rings. The van der Waals surface area contributed by atoms with Gasteiger partial charge >= 0.3 is 0 Å². The normalized spacial score (nSPS) is 28.5. The molecule has 17 heavy (non-hydrogen) atoms. The predicted molar refractivity (Wildman–Crippen MR) is 64.2 cm³/mol. The van der Waals surface area contributed by atoms with E-state index in [1.54, 1.807) is 4.90 Å². The van der Waals surface area contributed by atoms with Crippen molar-refractivity contribution in [2.75, 3.05) is 20.1 Å². The number of amides is 2. The molecule has 1 atom stereocenters. The van der Waals surface area contributed by atoms with Gasteiger partial charge in [0.15, 0.2) is 0 Å². The van der Waals surface area contributed by atoms with Gasteiger partial charge in [-0.15, -0.1) is 0 Å². The van der Waals surface area contributed by atoms with Crippen LogP contribution < -0.4 is 5.32 Å². The van der Waals surface area contributed by atoms with E-state index < -0.39 is 5.66 Å². The molecule has 2 fully saturated rings. The summed E-state index contributed by atoms with van der Waals surface area (Å²) in [4.78, 5) is 27.9. The smallest absolute Gasteiger partial charge is 0.244 e. The molecule has 1 spiro atoms. The standard InChI is InChI=1S/C12H21N3O2/c1-4-10(16)15-9(2)11(17)13-12(15)5-7-14(3)8-6-12/h9H,4-8H2,1-3H3,(H,13,17). The number of carbonyl (C=O) groups excluding carboxylic acids is 2. The number of hydrogen-bond acceptors (Lipinski definition) is 3. The first-order chi connectivity index (χ1) is 8.00. The van der Waals surface area contributed by atoms with Gasteiger partial charge in [0.25, 0.3) is 0 Å². The molecule has 96 valence electrons. The summed E-state index contributed by atoms with van der Waals surface area (Å²) >= 11 is 0. The van der Waals surface area contributed by atoms with Gasteiger partial charge < -0.3 is 15.1 Å². The summed E-state index contributed by atoms with van der Waals surface area (Å²) in [5, 5.41) is 3.04. The molecule has 2 aliphatic rings. The second-order valence-corrected chi connectivity index (χ2v) is 5.12. The molecule has 5 nitrogen and oxygen atoms in total. The molecule has 0 saturated carbocycles. The lowest BCUT2D eigenvalue weighted by Gasteiger charge is -2.44. The van der Waals surface area contributed by atoms with Crippen LogP contribution in [0, 0.1) is 0 Å². The molecule has 5 heteroatoms. The van der Waals surface area contributed by atoms with Crippen molar-refractivity contribution in [3.05, 3.63) is 0 Å². The Bertz CT molecular complexity index is 335. The second kappa shape index (κ2) is 4.29. The zero-order valence-corrected chi connectivity index (χ0v) is 10.8. The van der Waals surface area contributed by atoms with Crippen LogP contribution in [-0.4, -0.2) is 53.5 Å². The molecule has 2 heterocycles. The van der Waals surface area contributed by atoms with Gasteiger partial charge in [-0.3, -0.25) is 9.59 Å². The number of hydrogen-bond donors (Lipinski definition) is 1. The minimum absolute atomic E-state index is 0.0173. The van der Waals surface area contributed by atoms with E-state index in [1.807, 2.05) is 13.8 Å². The molecule has 2 amide bonds. The summed E-state index contributed by atoms with van der Waals surface area (Å²) < 4.78 is 0. The van der Waals surface area contributed by atoms with Crippen LogP contribution in [0.15, 0.2) is 0 Å². The fourth-order valence-electron chi connectivity index (χ4n) is 2.86. The number of carbonyl (C=O) groups is 2. The van der Waals surface area contributed by atoms with Gasteiger partial charge in [0.1, 0.15) is 11.7 Å². The van der Waals surface area contributed by atoms with E-state index >= 15 is 0 Å². The Hall–Kier alpha value is -1.10. The van der Waals surface area contributed by atoms with Gasteiger partial charge in [0.2, 0.25) is 11.8 Å². The van der Waals surface area contributed by atoms with E-state index in [0.717, 1.165) is 25.9 Å². The minimum atomic E-state index is -0.421. The van der Waals surface area contributed by atoms with Crippen molar-refractivity contribution in [3.8, 4) is 0 Å². The average Bonchev–Trinajstić information content (AvgIpc) is 2.55. The van der Waals surface area contributed by atoms with Gasteiger partial charge in [0, 0.05) is 32.4 Å². The van der Waals surface area contributed by atoms with Crippen molar-refractivity contribution in [2.45, 2.75) is 44.8 Å². The van der Waals surface area contributed by atoms with E-state index in [-0.39, 0.29) is 17.9 Å². The van der Waals surface area contributed by atoms with E-state index in [4.69, 9.17) is 0 Å². The highest BCUT2D eigenvalue weighted by molar-refractivity contribution is 5.91. The minimum Gasteiger partial charge on any atom is -0.331 e. The highest BCUT2D eigenvalue weighted by Crippen LogP contribution is 2.33. The van der Waals surface area contributed by atoms with Gasteiger partial charge in [-0.25, -0.2) is 0 Å². The summed E-state index contributed by atoms with van der Waals surface area (Å²) in [5.41, 5.74) is -0.421. The SMILES string of the molecule is CCC(=O)N1C(C)C(=O)NC12CCN(C)CC2. The maximum absolute atomic E-state index is 12.0. The first kappa shape index (κ1) is 12.4. The zero-order chi connectivity index (χ0) is 12.6. The first-order valence-corrected chi connectivity index (χ1v) is 6.33. The Balaban J connectivity index is 2.25. The lowest BCUT2D eigenvalue weighted by Crippen LogP contribution is -2.60. The number of nitrogens with one attached hydrogen (secondary N) is 1. The number of piperidine rings is 1. The molecule has 1 unspecified atom stereocenters. The van der Waals surface area contributed by atoms with E-state index in [9.17, 15) is 9.59 Å². The lowest BCUT2D eigenvalue weighted by molar-refractivity contribution is -0.140. The largest absolute Gasteiger partial charge is 0.331 e. The monoisotopic (exact) mass is 239 g/mol. The van der Waals surface area contributed by atoms with Crippen LogP contribution >= 0.6 is 0 Å². The van der Waals surface area contributed by atoms with Crippen molar-refractivity contribution >= 4 is 11.8 Å². The maximum Gasteiger partial charge on any atom is 0.244 e. The fraction of sp³-hybridized carbons (Fsp3) is 0.833. The van der Waals surface area contributed by atoms with Crippen LogP contribution in [0.3, 0.4) is 0 Å². The second-order valence-electron chi connectivity index (χ2n) is 5.12. The Morgan fingerprint density at radius 3 is 2.59 bits per heavy atom. The summed E-state index contributed by atoms with van der Waals surface area (Å²) in [7, 11) is 2.07. The molecule has 2 aliphatic heterocycles. The van der Waals surface area contributed by atoms with Crippen molar-refractivity contribution in [3.63, 3.8) is 0 Å². The van der Waals surface area contributed by atoms with E-state index in [0.29, 0.717) is 6.42 Å². The third kappa shape index (κ3) is 1.92. The van der Waals surface area contributed by atoms with Crippen LogP contribution in [0.1, 0.15) is 33.1 Å². The molecule has 0 radical (unpaired) electrons. The Kier molecular flexibility index (Phi) is 3.12. The van der Waals surface area contributed by atoms with Gasteiger partial charge in [-0.1, -0.05) is 6.92 Å². The highest BCUT2D eigenvalue weighted by Gasteiger charge is 2.51. The van der Waals surface area contributed by atoms with Crippen molar-refractivity contribution in [2.24, 2.45) is 0 Å². The molecule has 0 aromatic heterocycles. The Morgan fingerprint density at radius 1 is 1.47 bits per heavy atom. The number of nitrogens with zero attached hydrogens (tertiary/aromatic N) is 2. The zero-order valence-electron chi connectivity index (χ0n) is 10.8. The Morgan fingerprint density at radius 2 is 2.06 bits per heavy atom. The van der Waals surface area contributed by atoms with Crippen LogP contribution in [0.4, 0.5) is 0 Å². The van der Waals surface area contributed by atoms with Crippen molar-refractivity contribution < 1.29 is 9.59 Å². The summed E-state index contributed by atoms with van der Waals surface area (Å²) in [6, 6.07) is -0.328. The molecule has 2 saturated heterocycles. The molecule has 1 N–H and O–H groups in total. The lowest BCUT2D eigenvalue weighted by atomic mass is 9.95. The van der Waals surface area contributed by atoms with Crippen molar-refractivity contribution in [1.82, 2.24) is 15.1 Å². The van der Waals surface area contributed by atoms with Gasteiger partial charge in [-0.05, 0) is 14.0 Å². The molecule has 2 rings (SSSR count). The molecule has 0 aromatic carbocycles. The topological polar surface area (TPSA) is 52.7 Å². The highest BCUT2D eigenvalue weighted by atomic mass is 16.2. The quantitative estimate of drug-likeness (QED) is 0.709. The van der Waals surface area contributed by atoms with Crippen LogP contribution in [0.5, 0.6) is 0 Å². The van der Waals surface area contributed by atoms with E-state index in [2.05, 4.69) is 17.3 Å². The molecular formula is C12H21N3O2. The third-order valence-corrected chi connectivity index (χ3v) is 3.97. The van der Waals surface area contributed by atoms with Gasteiger partial charge in [-0.2, -0.15) is 0 Å². The van der Waals surface area contributed by atoms with Crippen molar-refractivity contribution in [1.29, 1.82) is 0 Å². The van der Waals surface area contributed by atoms with Crippen LogP contribution in [0.2, 0.25) is 0 Å².